The Morgan fingerprint density at radius 1 is 1.30 bits per heavy atom. The van der Waals surface area contributed by atoms with Crippen molar-refractivity contribution in [3.8, 4) is 0 Å². The molecule has 0 saturated carbocycles. The van der Waals surface area contributed by atoms with E-state index in [9.17, 15) is 5.11 Å². The first kappa shape index (κ1) is 13.3. The van der Waals surface area contributed by atoms with Gasteiger partial charge >= 0.3 is 0 Å². The molecule has 1 aliphatic heterocycles. The summed E-state index contributed by atoms with van der Waals surface area (Å²) in [6.45, 7) is 1.48. The number of aromatic nitrogens is 4. The first-order valence-electron chi connectivity index (χ1n) is 6.52. The largest absolute Gasteiger partial charge is 0.382 e. The number of hydrogen-bond donors (Lipinski definition) is 1. The number of aliphatic hydroxyl groups is 1. The average molecular weight is 294 g/mol. The van der Waals surface area contributed by atoms with Crippen LogP contribution in [-0.4, -0.2) is 37.9 Å². The van der Waals surface area contributed by atoms with Crippen LogP contribution in [0.25, 0.3) is 0 Å². The second-order valence-corrected chi connectivity index (χ2v) is 5.45. The predicted octanol–water partition coefficient (Wildman–Crippen LogP) is 1.35. The Balaban J connectivity index is 1.75. The predicted molar refractivity (Wildman–Crippen MR) is 75.6 cm³/mol. The zero-order chi connectivity index (χ0) is 14.2. The van der Waals surface area contributed by atoms with E-state index in [1.165, 1.54) is 6.33 Å². The fraction of sp³-hybridized carbons (Fsp3) is 0.462. The van der Waals surface area contributed by atoms with Gasteiger partial charge in [-0.2, -0.15) is 5.10 Å². The minimum absolute atomic E-state index is 0.483. The Morgan fingerprint density at radius 2 is 2.05 bits per heavy atom. The van der Waals surface area contributed by atoms with Gasteiger partial charge in [-0.25, -0.2) is 9.97 Å². The lowest BCUT2D eigenvalue weighted by molar-refractivity contribution is -0.0000645. The Bertz CT molecular complexity index is 606. The number of hydrogen-bond acceptors (Lipinski definition) is 5. The lowest BCUT2D eigenvalue weighted by Gasteiger charge is -2.38. The quantitative estimate of drug-likeness (QED) is 0.847. The fourth-order valence-corrected chi connectivity index (χ4v) is 2.83. The molecule has 2 aromatic rings. The van der Waals surface area contributed by atoms with Crippen LogP contribution in [0.3, 0.4) is 0 Å². The first-order valence-corrected chi connectivity index (χ1v) is 6.90. The molecule has 0 aromatic carbocycles. The zero-order valence-corrected chi connectivity index (χ0v) is 12.0. The Hall–Kier alpha value is -1.66. The Labute approximate surface area is 122 Å². The van der Waals surface area contributed by atoms with Crippen LogP contribution in [-0.2, 0) is 12.6 Å². The molecular formula is C13H16ClN5O. The van der Waals surface area contributed by atoms with Crippen LogP contribution in [0, 0.1) is 0 Å². The van der Waals surface area contributed by atoms with Crippen molar-refractivity contribution in [1.29, 1.82) is 0 Å². The number of halogens is 1. The summed E-state index contributed by atoms with van der Waals surface area (Å²) >= 11 is 5.91. The average Bonchev–Trinajstić information content (AvgIpc) is 2.87. The summed E-state index contributed by atoms with van der Waals surface area (Å²) in [4.78, 5) is 10.4. The molecule has 1 aliphatic rings. The van der Waals surface area contributed by atoms with Gasteiger partial charge in [0.05, 0.1) is 0 Å². The van der Waals surface area contributed by atoms with Crippen molar-refractivity contribution in [2.24, 2.45) is 7.05 Å². The fourth-order valence-electron chi connectivity index (χ4n) is 2.66. The van der Waals surface area contributed by atoms with Gasteiger partial charge in [-0.15, -0.1) is 0 Å². The van der Waals surface area contributed by atoms with E-state index in [1.807, 2.05) is 12.1 Å². The van der Waals surface area contributed by atoms with Crippen molar-refractivity contribution in [2.75, 3.05) is 18.0 Å². The van der Waals surface area contributed by atoms with E-state index in [1.54, 1.807) is 17.9 Å². The monoisotopic (exact) mass is 293 g/mol. The third kappa shape index (κ3) is 2.36. The molecule has 3 heterocycles. The van der Waals surface area contributed by atoms with Crippen LogP contribution in [0.5, 0.6) is 0 Å². The van der Waals surface area contributed by atoms with Gasteiger partial charge in [0.15, 0.2) is 5.82 Å². The van der Waals surface area contributed by atoms with Crippen LogP contribution in [0.1, 0.15) is 18.7 Å². The van der Waals surface area contributed by atoms with Crippen molar-refractivity contribution in [3.63, 3.8) is 0 Å². The van der Waals surface area contributed by atoms with E-state index in [0.717, 1.165) is 18.8 Å². The highest BCUT2D eigenvalue weighted by atomic mass is 35.5. The lowest BCUT2D eigenvalue weighted by Crippen LogP contribution is -2.44. The summed E-state index contributed by atoms with van der Waals surface area (Å²) < 4.78 is 1.64. The molecule has 0 unspecified atom stereocenters. The number of aryl methyl sites for hydroxylation is 1. The smallest absolute Gasteiger partial charge is 0.158 e. The molecular weight excluding hydrogens is 278 g/mol. The maximum atomic E-state index is 10.7. The van der Waals surface area contributed by atoms with Crippen LogP contribution < -0.4 is 4.90 Å². The van der Waals surface area contributed by atoms with E-state index in [0.29, 0.717) is 23.8 Å². The molecule has 1 fully saturated rings. The topological polar surface area (TPSA) is 67.1 Å². The number of anilines is 1. The number of nitrogens with zero attached hydrogens (tertiary/aromatic N) is 5. The van der Waals surface area contributed by atoms with Crippen LogP contribution in [0.4, 0.5) is 5.69 Å². The first-order chi connectivity index (χ1) is 9.58. The molecule has 2 aromatic heterocycles. The molecule has 0 bridgehead atoms. The van der Waals surface area contributed by atoms with Gasteiger partial charge in [-0.05, 0) is 12.1 Å². The summed E-state index contributed by atoms with van der Waals surface area (Å²) in [6.07, 6.45) is 4.39. The summed E-state index contributed by atoms with van der Waals surface area (Å²) in [6, 6.07) is 3.77. The number of rotatable bonds is 2. The third-order valence-electron chi connectivity index (χ3n) is 3.79. The van der Waals surface area contributed by atoms with Crippen molar-refractivity contribution in [2.45, 2.75) is 18.4 Å². The molecule has 0 amide bonds. The maximum absolute atomic E-state index is 10.7. The van der Waals surface area contributed by atoms with Gasteiger partial charge < -0.3 is 10.0 Å². The lowest BCUT2D eigenvalue weighted by atomic mass is 9.90. The third-order valence-corrected chi connectivity index (χ3v) is 4.00. The van der Waals surface area contributed by atoms with Crippen LogP contribution >= 0.6 is 11.6 Å². The summed E-state index contributed by atoms with van der Waals surface area (Å²) in [5.41, 5.74) is 0.128. The highest BCUT2D eigenvalue weighted by Crippen LogP contribution is 2.33. The minimum Gasteiger partial charge on any atom is -0.382 e. The zero-order valence-electron chi connectivity index (χ0n) is 11.2. The van der Waals surface area contributed by atoms with E-state index >= 15 is 0 Å². The molecule has 0 radical (unpaired) electrons. The second kappa shape index (κ2) is 5.03. The van der Waals surface area contributed by atoms with Gasteiger partial charge in [0.2, 0.25) is 0 Å². The molecule has 0 spiro atoms. The van der Waals surface area contributed by atoms with Gasteiger partial charge in [-0.1, -0.05) is 11.6 Å². The Kier molecular flexibility index (Phi) is 3.35. The van der Waals surface area contributed by atoms with E-state index in [2.05, 4.69) is 20.0 Å². The van der Waals surface area contributed by atoms with Crippen molar-refractivity contribution >= 4 is 17.3 Å². The molecule has 7 heteroatoms. The van der Waals surface area contributed by atoms with Gasteiger partial charge in [0, 0.05) is 44.9 Å². The van der Waals surface area contributed by atoms with E-state index in [-0.39, 0.29) is 0 Å². The van der Waals surface area contributed by atoms with Crippen molar-refractivity contribution in [3.05, 3.63) is 35.6 Å². The molecule has 0 aliphatic carbocycles. The van der Waals surface area contributed by atoms with E-state index < -0.39 is 5.60 Å². The number of piperidine rings is 1. The van der Waals surface area contributed by atoms with Gasteiger partial charge in [0.1, 0.15) is 17.1 Å². The second-order valence-electron chi connectivity index (χ2n) is 5.06. The number of pyridine rings is 1. The molecule has 3 rings (SSSR count). The SMILES string of the molecule is Cn1ncnc1C1(O)CCN(c2ccnc(Cl)c2)CC1. The van der Waals surface area contributed by atoms with E-state index in [4.69, 9.17) is 11.6 Å². The van der Waals surface area contributed by atoms with Gasteiger partial charge in [0.25, 0.3) is 0 Å². The summed E-state index contributed by atoms with van der Waals surface area (Å²) in [5.74, 6) is 0.630. The van der Waals surface area contributed by atoms with Crippen molar-refractivity contribution in [1.82, 2.24) is 19.7 Å². The molecule has 6 nitrogen and oxygen atoms in total. The highest BCUT2D eigenvalue weighted by molar-refractivity contribution is 6.29. The highest BCUT2D eigenvalue weighted by Gasteiger charge is 2.37. The molecule has 1 saturated heterocycles. The maximum Gasteiger partial charge on any atom is 0.158 e. The Morgan fingerprint density at radius 3 is 2.65 bits per heavy atom. The minimum atomic E-state index is -0.904. The normalized spacial score (nSPS) is 18.2. The standard InChI is InChI=1S/C13H16ClN5O/c1-18-12(16-9-17-18)13(20)3-6-19(7-4-13)10-2-5-15-11(14)8-10/h2,5,8-9,20H,3-4,6-7H2,1H3. The molecule has 0 atom stereocenters. The van der Waals surface area contributed by atoms with Crippen LogP contribution in [0.15, 0.2) is 24.7 Å². The molecule has 106 valence electrons. The van der Waals surface area contributed by atoms with Crippen molar-refractivity contribution < 1.29 is 5.11 Å². The van der Waals surface area contributed by atoms with Gasteiger partial charge in [-0.3, -0.25) is 4.68 Å². The summed E-state index contributed by atoms with van der Waals surface area (Å²) in [7, 11) is 1.80. The summed E-state index contributed by atoms with van der Waals surface area (Å²) in [5, 5.41) is 15.3. The van der Waals surface area contributed by atoms with Crippen LogP contribution in [0.2, 0.25) is 5.15 Å². The molecule has 1 N–H and O–H groups in total. The molecule has 20 heavy (non-hydrogen) atoms.